The molecule has 2 amide bonds. The first-order valence-corrected chi connectivity index (χ1v) is 18.5. The number of nitrogens with two attached hydrogens (primary N) is 1. The number of aryl methyl sites for hydroxylation is 4. The van der Waals surface area contributed by atoms with Crippen LogP contribution < -0.4 is 31.8 Å². The van der Waals surface area contributed by atoms with Gasteiger partial charge < -0.3 is 41.4 Å². The molecule has 4 rings (SSSR count). The predicted octanol–water partition coefficient (Wildman–Crippen LogP) is 2.30. The number of pyridine rings is 1. The predicted molar refractivity (Wildman–Crippen MR) is 198 cm³/mol. The Morgan fingerprint density at radius 2 is 1.68 bits per heavy atom. The molecular formula is C35H43F3N8O9S. The number of sulfonamides is 1. The zero-order valence-electron chi connectivity index (χ0n) is 30.8. The van der Waals surface area contributed by atoms with Crippen molar-refractivity contribution in [3.05, 3.63) is 87.0 Å². The molecular weight excluding hydrogens is 765 g/mol. The first-order chi connectivity index (χ1) is 26.2. The fourth-order valence-electron chi connectivity index (χ4n) is 5.52. The van der Waals surface area contributed by atoms with Crippen LogP contribution in [0.5, 0.6) is 0 Å². The lowest BCUT2D eigenvalue weighted by atomic mass is 10.1. The van der Waals surface area contributed by atoms with Crippen LogP contribution in [-0.2, 0) is 37.5 Å². The van der Waals surface area contributed by atoms with Crippen molar-refractivity contribution in [3.8, 4) is 0 Å². The van der Waals surface area contributed by atoms with E-state index in [2.05, 4.69) is 30.6 Å². The van der Waals surface area contributed by atoms with Gasteiger partial charge in [-0.25, -0.2) is 18.2 Å². The number of carbonyl (C=O) groups excluding carboxylic acids is 2. The van der Waals surface area contributed by atoms with E-state index < -0.39 is 58.1 Å². The summed E-state index contributed by atoms with van der Waals surface area (Å²) in [7, 11) is -4.29. The third kappa shape index (κ3) is 12.1. The zero-order chi connectivity index (χ0) is 42.0. The number of benzene rings is 2. The van der Waals surface area contributed by atoms with E-state index in [1.54, 1.807) is 62.0 Å². The molecule has 0 aliphatic rings. The third-order valence-corrected chi connectivity index (χ3v) is 9.95. The van der Waals surface area contributed by atoms with Crippen molar-refractivity contribution in [2.24, 2.45) is 5.73 Å². The number of alkyl halides is 3. The number of aliphatic carboxylic acids is 2. The molecule has 56 heavy (non-hydrogen) atoms. The lowest BCUT2D eigenvalue weighted by Gasteiger charge is -2.19. The number of amides is 2. The summed E-state index contributed by atoms with van der Waals surface area (Å²) in [6.45, 7) is 7.21. The highest BCUT2D eigenvalue weighted by Crippen LogP contribution is 2.22. The van der Waals surface area contributed by atoms with Crippen LogP contribution in [0.25, 0.3) is 10.9 Å². The van der Waals surface area contributed by atoms with E-state index >= 15 is 0 Å². The number of imidazole rings is 1. The Balaban J connectivity index is 0.00000109. The number of anilines is 1. The maximum Gasteiger partial charge on any atom is 0.490 e. The highest BCUT2D eigenvalue weighted by molar-refractivity contribution is 7.89. The normalized spacial score (nSPS) is 12.6. The number of hydrogen-bond acceptors (Lipinski definition) is 10. The molecule has 2 aromatic heterocycles. The first kappa shape index (κ1) is 44.6. The van der Waals surface area contributed by atoms with E-state index in [1.807, 2.05) is 13.0 Å². The van der Waals surface area contributed by atoms with Crippen LogP contribution in [0.2, 0.25) is 0 Å². The van der Waals surface area contributed by atoms with Gasteiger partial charge in [-0.15, -0.1) is 0 Å². The summed E-state index contributed by atoms with van der Waals surface area (Å²) in [5, 5.41) is 25.6. The molecule has 304 valence electrons. The van der Waals surface area contributed by atoms with Crippen molar-refractivity contribution in [3.63, 3.8) is 0 Å². The summed E-state index contributed by atoms with van der Waals surface area (Å²) >= 11 is 0. The standard InChI is InChI=1S/C33H42N8O7S.C2HF3O2/c1-5-25(34)31(44)35-9-6-12-41-18-24(28(42)23-8-7-22(15-27(23)41)16-39-33-36-10-11-37-33)30(43)38-17-26(32(45)46)40-49(47,48)29-20(3)13-19(2)14-21(29)4;3-2(4,5)1(6)7/h7-8,10-11,13-15,18,25-26,40H,5-6,9,12,16-17,34H2,1-4H3,(H,35,44)(H,38,43)(H,45,46)(H2,36,37,39);(H,6,7)/t25-,26?;/m0./s1. The van der Waals surface area contributed by atoms with Crippen molar-refractivity contribution >= 4 is 50.6 Å². The molecule has 2 aromatic carbocycles. The molecule has 0 bridgehead atoms. The van der Waals surface area contributed by atoms with Crippen LogP contribution in [-0.4, -0.2) is 88.3 Å². The number of carboxylic acid groups (broad SMARTS) is 2. The highest BCUT2D eigenvalue weighted by atomic mass is 32.2. The molecule has 9 N–H and O–H groups in total. The fraction of sp³-hybridized carbons (Fsp3) is 0.371. The van der Waals surface area contributed by atoms with Crippen LogP contribution in [0, 0.1) is 20.8 Å². The topological polar surface area (TPSA) is 268 Å². The number of rotatable bonds is 16. The van der Waals surface area contributed by atoms with Gasteiger partial charge in [-0.3, -0.25) is 19.2 Å². The Morgan fingerprint density at radius 3 is 2.23 bits per heavy atom. The number of carboxylic acids is 2. The number of halogens is 3. The number of hydrogen-bond donors (Lipinski definition) is 8. The van der Waals surface area contributed by atoms with E-state index in [0.717, 1.165) is 11.1 Å². The van der Waals surface area contributed by atoms with Gasteiger partial charge in [0.15, 0.2) is 5.95 Å². The maximum atomic E-state index is 13.6. The van der Waals surface area contributed by atoms with Gasteiger partial charge in [-0.1, -0.05) is 30.7 Å². The zero-order valence-corrected chi connectivity index (χ0v) is 31.6. The molecule has 0 saturated heterocycles. The number of H-pyrrole nitrogens is 1. The Kier molecular flexibility index (Phi) is 15.3. The molecule has 0 radical (unpaired) electrons. The summed E-state index contributed by atoms with van der Waals surface area (Å²) < 4.78 is 62.1. The molecule has 0 aliphatic heterocycles. The quantitative estimate of drug-likeness (QED) is 0.0758. The van der Waals surface area contributed by atoms with Crippen molar-refractivity contribution in [2.45, 2.75) is 76.8 Å². The smallest absolute Gasteiger partial charge is 0.480 e. The summed E-state index contributed by atoms with van der Waals surface area (Å²) in [5.41, 5.74) is 8.06. The lowest BCUT2D eigenvalue weighted by molar-refractivity contribution is -0.192. The Morgan fingerprint density at radius 1 is 1.04 bits per heavy atom. The summed E-state index contributed by atoms with van der Waals surface area (Å²) in [5.74, 6) is -4.86. The summed E-state index contributed by atoms with van der Waals surface area (Å²) in [6, 6.07) is 6.16. The second kappa shape index (κ2) is 19.2. The second-order valence-corrected chi connectivity index (χ2v) is 14.3. The van der Waals surface area contributed by atoms with Crippen LogP contribution >= 0.6 is 0 Å². The molecule has 2 atom stereocenters. The van der Waals surface area contributed by atoms with Gasteiger partial charge in [0, 0.05) is 50.2 Å². The SMILES string of the molecule is CC[C@H](N)C(=O)NCCCn1cc(C(=O)NCC(NS(=O)(=O)c2c(C)cc(C)cc2C)C(=O)O)c(=O)c2ccc(CNc3ncc[nH]3)cc21.O=C(O)C(F)(F)F. The van der Waals surface area contributed by atoms with E-state index in [-0.39, 0.29) is 21.8 Å². The van der Waals surface area contributed by atoms with Crippen LogP contribution in [0.4, 0.5) is 19.1 Å². The Bertz CT molecular complexity index is 2200. The van der Waals surface area contributed by atoms with Gasteiger partial charge in [0.2, 0.25) is 21.4 Å². The van der Waals surface area contributed by atoms with E-state index in [4.69, 9.17) is 15.6 Å². The number of carbonyl (C=O) groups is 4. The van der Waals surface area contributed by atoms with Gasteiger partial charge in [0.1, 0.15) is 11.6 Å². The lowest BCUT2D eigenvalue weighted by Crippen LogP contribution is -2.49. The minimum atomic E-state index is -5.08. The monoisotopic (exact) mass is 808 g/mol. The number of fused-ring (bicyclic) bond motifs is 1. The number of aromatic amines is 1. The molecule has 2 heterocycles. The highest BCUT2D eigenvalue weighted by Gasteiger charge is 2.38. The first-order valence-electron chi connectivity index (χ1n) is 17.0. The van der Waals surface area contributed by atoms with Gasteiger partial charge in [0.25, 0.3) is 5.91 Å². The van der Waals surface area contributed by atoms with Crippen LogP contribution in [0.1, 0.15) is 52.4 Å². The second-order valence-electron chi connectivity index (χ2n) is 12.6. The van der Waals surface area contributed by atoms with Gasteiger partial charge in [0.05, 0.1) is 16.5 Å². The fourth-order valence-corrected chi connectivity index (χ4v) is 7.17. The molecule has 0 spiro atoms. The molecule has 0 saturated carbocycles. The number of aromatic nitrogens is 3. The molecule has 21 heteroatoms. The minimum Gasteiger partial charge on any atom is -0.480 e. The van der Waals surface area contributed by atoms with Crippen molar-refractivity contribution < 1.29 is 51.0 Å². The molecule has 17 nitrogen and oxygen atoms in total. The van der Waals surface area contributed by atoms with Crippen molar-refractivity contribution in [1.29, 1.82) is 0 Å². The van der Waals surface area contributed by atoms with E-state index in [1.165, 1.54) is 6.20 Å². The molecule has 4 aromatic rings. The van der Waals surface area contributed by atoms with Gasteiger partial charge in [-0.05, 0) is 62.4 Å². The molecule has 0 fully saturated rings. The molecule has 1 unspecified atom stereocenters. The van der Waals surface area contributed by atoms with Gasteiger partial charge >= 0.3 is 18.1 Å². The van der Waals surface area contributed by atoms with Gasteiger partial charge in [-0.2, -0.15) is 17.9 Å². The van der Waals surface area contributed by atoms with Crippen LogP contribution in [0.3, 0.4) is 0 Å². The van der Waals surface area contributed by atoms with Crippen molar-refractivity contribution in [2.75, 3.05) is 18.4 Å². The third-order valence-electron chi connectivity index (χ3n) is 8.18. The number of nitrogens with one attached hydrogen (secondary N) is 5. The average molecular weight is 809 g/mol. The maximum absolute atomic E-state index is 13.6. The van der Waals surface area contributed by atoms with E-state index in [0.29, 0.717) is 55.1 Å². The number of nitrogens with zero attached hydrogens (tertiary/aromatic N) is 2. The largest absolute Gasteiger partial charge is 0.490 e. The summed E-state index contributed by atoms with van der Waals surface area (Å²) in [4.78, 5) is 67.2. The Labute approximate surface area is 318 Å². The average Bonchev–Trinajstić information content (AvgIpc) is 3.64. The van der Waals surface area contributed by atoms with E-state index in [9.17, 15) is 45.9 Å². The van der Waals surface area contributed by atoms with Crippen LogP contribution in [0.15, 0.2) is 58.6 Å². The molecule has 0 aliphatic carbocycles. The van der Waals surface area contributed by atoms with Crippen molar-refractivity contribution in [1.82, 2.24) is 29.9 Å². The minimum absolute atomic E-state index is 0.0420. The Hall–Kier alpha value is -5.80. The summed E-state index contributed by atoms with van der Waals surface area (Å²) in [6.07, 6.45) is 0.509.